The Kier molecular flexibility index (Phi) is 10.6. The first kappa shape index (κ1) is 32.5. The van der Waals surface area contributed by atoms with Gasteiger partial charge in [0.1, 0.15) is 12.6 Å². The molecule has 0 aliphatic rings. The Morgan fingerprint density at radius 1 is 0.750 bits per heavy atom. The van der Waals surface area contributed by atoms with E-state index in [1.165, 1.54) is 4.90 Å². The summed E-state index contributed by atoms with van der Waals surface area (Å²) in [5.41, 5.74) is 5.14. The molecule has 0 bridgehead atoms. The van der Waals surface area contributed by atoms with E-state index in [0.717, 1.165) is 32.1 Å². The summed E-state index contributed by atoms with van der Waals surface area (Å²) in [5.74, 6) is -0.564. The van der Waals surface area contributed by atoms with E-state index in [2.05, 4.69) is 19.2 Å². The lowest BCUT2D eigenvalue weighted by atomic mass is 10.0. The topological polar surface area (TPSA) is 86.8 Å². The Bertz CT molecular complexity index is 1650. The number of carbonyl (C=O) groups excluding carboxylic acids is 2. The van der Waals surface area contributed by atoms with Crippen molar-refractivity contribution in [2.75, 3.05) is 17.9 Å². The van der Waals surface area contributed by atoms with Crippen LogP contribution in [0.5, 0.6) is 0 Å². The van der Waals surface area contributed by atoms with E-state index >= 15 is 0 Å². The molecule has 0 aromatic heterocycles. The second-order valence-corrected chi connectivity index (χ2v) is 13.3. The molecule has 0 spiro atoms. The van der Waals surface area contributed by atoms with Crippen molar-refractivity contribution in [1.29, 1.82) is 0 Å². The van der Waals surface area contributed by atoms with Gasteiger partial charge in [0.2, 0.25) is 11.8 Å². The normalized spacial score (nSPS) is 12.0. The number of hydrogen-bond acceptors (Lipinski definition) is 4. The second-order valence-electron chi connectivity index (χ2n) is 11.4. The molecule has 0 saturated carbocycles. The molecular formula is C36H41N3O4S. The van der Waals surface area contributed by atoms with Crippen molar-refractivity contribution >= 4 is 27.5 Å². The van der Waals surface area contributed by atoms with Gasteiger partial charge in [0.15, 0.2) is 0 Å². The minimum atomic E-state index is -4.14. The minimum Gasteiger partial charge on any atom is -0.357 e. The summed E-state index contributed by atoms with van der Waals surface area (Å²) in [5, 5.41) is 2.71. The van der Waals surface area contributed by atoms with Crippen molar-refractivity contribution in [3.05, 3.63) is 131 Å². The highest BCUT2D eigenvalue weighted by molar-refractivity contribution is 7.92. The Morgan fingerprint density at radius 3 is 1.86 bits per heavy atom. The zero-order valence-corrected chi connectivity index (χ0v) is 26.8. The molecule has 0 fully saturated rings. The number of likely N-dealkylation sites (N-methyl/N-ethyl adjacent to an activating group) is 1. The molecule has 0 radical (unpaired) electrons. The van der Waals surface area contributed by atoms with Gasteiger partial charge < -0.3 is 10.2 Å². The Hall–Kier alpha value is -4.43. The maximum absolute atomic E-state index is 14.4. The van der Waals surface area contributed by atoms with Gasteiger partial charge in [-0.3, -0.25) is 13.9 Å². The van der Waals surface area contributed by atoms with E-state index in [0.29, 0.717) is 5.69 Å². The number of aryl methyl sites for hydroxylation is 2. The summed E-state index contributed by atoms with van der Waals surface area (Å²) < 4.78 is 29.4. The molecule has 2 amide bonds. The van der Waals surface area contributed by atoms with Crippen LogP contribution in [0.1, 0.15) is 47.6 Å². The Balaban J connectivity index is 1.79. The van der Waals surface area contributed by atoms with Crippen LogP contribution in [0.25, 0.3) is 0 Å². The van der Waals surface area contributed by atoms with E-state index in [4.69, 9.17) is 0 Å². The molecule has 4 aromatic rings. The lowest BCUT2D eigenvalue weighted by molar-refractivity contribution is -0.139. The third kappa shape index (κ3) is 7.94. The number of anilines is 1. The zero-order valence-electron chi connectivity index (χ0n) is 26.0. The van der Waals surface area contributed by atoms with Crippen LogP contribution in [-0.4, -0.2) is 44.8 Å². The van der Waals surface area contributed by atoms with E-state index in [1.807, 2.05) is 80.6 Å². The molecule has 0 aliphatic carbocycles. The van der Waals surface area contributed by atoms with Crippen LogP contribution in [0.2, 0.25) is 0 Å². The van der Waals surface area contributed by atoms with Gasteiger partial charge in [0.05, 0.1) is 10.6 Å². The molecule has 0 saturated heterocycles. The summed E-state index contributed by atoms with van der Waals surface area (Å²) >= 11 is 0. The predicted molar refractivity (Wildman–Crippen MR) is 176 cm³/mol. The number of nitrogens with zero attached hydrogens (tertiary/aromatic N) is 2. The van der Waals surface area contributed by atoms with Gasteiger partial charge in [-0.25, -0.2) is 8.42 Å². The fraction of sp³-hybridized carbons (Fsp3) is 0.278. The Labute approximate surface area is 261 Å². The monoisotopic (exact) mass is 611 g/mol. The van der Waals surface area contributed by atoms with Gasteiger partial charge in [-0.1, -0.05) is 104 Å². The maximum atomic E-state index is 14.4. The molecule has 0 heterocycles. The van der Waals surface area contributed by atoms with Crippen LogP contribution in [-0.2, 0) is 32.6 Å². The average molecular weight is 612 g/mol. The number of rotatable bonds is 12. The third-order valence-electron chi connectivity index (χ3n) is 7.73. The number of nitrogens with one attached hydrogen (secondary N) is 1. The SMILES string of the molecule is CNC(=O)[C@@H](Cc1ccccc1)N(Cc1ccc(C)cc1)C(=O)CN(c1ccc(C(C)C)cc1)S(=O)(=O)c1ccc(C)cc1. The molecule has 4 rings (SSSR count). The summed E-state index contributed by atoms with van der Waals surface area (Å²) in [6, 6.07) is 30.2. The summed E-state index contributed by atoms with van der Waals surface area (Å²) in [4.78, 5) is 29.4. The fourth-order valence-electron chi connectivity index (χ4n) is 5.00. The third-order valence-corrected chi connectivity index (χ3v) is 9.51. The van der Waals surface area contributed by atoms with Crippen molar-refractivity contribution in [3.8, 4) is 0 Å². The molecule has 8 heteroatoms. The molecule has 1 N–H and O–H groups in total. The van der Waals surface area contributed by atoms with E-state index in [1.54, 1.807) is 43.4 Å². The first-order chi connectivity index (χ1) is 21.0. The predicted octanol–water partition coefficient (Wildman–Crippen LogP) is 6.01. The van der Waals surface area contributed by atoms with E-state index in [9.17, 15) is 18.0 Å². The van der Waals surface area contributed by atoms with Crippen LogP contribution in [0.15, 0.2) is 108 Å². The lowest BCUT2D eigenvalue weighted by Gasteiger charge is -2.33. The molecule has 44 heavy (non-hydrogen) atoms. The van der Waals surface area contributed by atoms with Gasteiger partial charge in [0.25, 0.3) is 10.0 Å². The van der Waals surface area contributed by atoms with Crippen LogP contribution in [0, 0.1) is 13.8 Å². The lowest BCUT2D eigenvalue weighted by Crippen LogP contribution is -2.53. The van der Waals surface area contributed by atoms with Gasteiger partial charge >= 0.3 is 0 Å². The van der Waals surface area contributed by atoms with Crippen molar-refractivity contribution in [2.45, 2.75) is 57.5 Å². The average Bonchev–Trinajstić information content (AvgIpc) is 3.02. The van der Waals surface area contributed by atoms with E-state index in [-0.39, 0.29) is 29.7 Å². The molecule has 0 unspecified atom stereocenters. The summed E-state index contributed by atoms with van der Waals surface area (Å²) in [6.45, 7) is 7.65. The van der Waals surface area contributed by atoms with E-state index < -0.39 is 28.5 Å². The highest BCUT2D eigenvalue weighted by Crippen LogP contribution is 2.27. The number of amides is 2. The zero-order chi connectivity index (χ0) is 31.9. The van der Waals surface area contributed by atoms with Crippen LogP contribution in [0.3, 0.4) is 0 Å². The molecule has 4 aromatic carbocycles. The van der Waals surface area contributed by atoms with Gasteiger partial charge in [0, 0.05) is 20.0 Å². The quantitative estimate of drug-likeness (QED) is 0.213. The van der Waals surface area contributed by atoms with Crippen molar-refractivity contribution < 1.29 is 18.0 Å². The number of sulfonamides is 1. The smallest absolute Gasteiger partial charge is 0.264 e. The van der Waals surface area contributed by atoms with Crippen LogP contribution >= 0.6 is 0 Å². The van der Waals surface area contributed by atoms with Crippen LogP contribution in [0.4, 0.5) is 5.69 Å². The van der Waals surface area contributed by atoms with Crippen molar-refractivity contribution in [2.24, 2.45) is 0 Å². The standard InChI is InChI=1S/C36H41N3O4S/c1-26(2)31-17-19-32(20-18-31)39(44(42,43)33-21-13-28(4)14-22-33)25-35(40)38(24-30-15-11-27(3)12-16-30)34(36(41)37-5)23-29-9-7-6-8-10-29/h6-22,26,34H,23-25H2,1-5H3,(H,37,41)/t34-/m1/s1. The minimum absolute atomic E-state index is 0.0843. The first-order valence-corrected chi connectivity index (χ1v) is 16.2. The molecule has 7 nitrogen and oxygen atoms in total. The summed E-state index contributed by atoms with van der Waals surface area (Å²) in [7, 11) is -2.60. The first-order valence-electron chi connectivity index (χ1n) is 14.8. The van der Waals surface area contributed by atoms with Crippen molar-refractivity contribution in [1.82, 2.24) is 10.2 Å². The number of benzene rings is 4. The molecular weight excluding hydrogens is 570 g/mol. The highest BCUT2D eigenvalue weighted by Gasteiger charge is 2.34. The highest BCUT2D eigenvalue weighted by atomic mass is 32.2. The summed E-state index contributed by atoms with van der Waals surface area (Å²) in [6.07, 6.45) is 0.270. The van der Waals surface area contributed by atoms with Gasteiger partial charge in [-0.05, 0) is 60.7 Å². The van der Waals surface area contributed by atoms with Crippen LogP contribution < -0.4 is 9.62 Å². The fourth-order valence-corrected chi connectivity index (χ4v) is 6.42. The molecule has 0 aliphatic heterocycles. The van der Waals surface area contributed by atoms with Gasteiger partial charge in [-0.15, -0.1) is 0 Å². The largest absolute Gasteiger partial charge is 0.357 e. The van der Waals surface area contributed by atoms with Crippen molar-refractivity contribution in [3.63, 3.8) is 0 Å². The molecule has 1 atom stereocenters. The second kappa shape index (κ2) is 14.4. The maximum Gasteiger partial charge on any atom is 0.264 e. The number of carbonyl (C=O) groups is 2. The Morgan fingerprint density at radius 2 is 1.32 bits per heavy atom. The molecule has 230 valence electrons. The number of hydrogen-bond donors (Lipinski definition) is 1. The van der Waals surface area contributed by atoms with Gasteiger partial charge in [-0.2, -0.15) is 0 Å².